The molecule has 0 radical (unpaired) electrons. The molecule has 2 aromatic heterocycles. The van der Waals surface area contributed by atoms with Crippen molar-refractivity contribution in [2.45, 2.75) is 32.9 Å². The predicted octanol–water partition coefficient (Wildman–Crippen LogP) is 2.37. The number of aromatic nitrogens is 2. The number of nitrogens with one attached hydrogen (secondary N) is 1. The van der Waals surface area contributed by atoms with Crippen molar-refractivity contribution >= 4 is 11.6 Å². The van der Waals surface area contributed by atoms with E-state index in [1.807, 2.05) is 29.7 Å². The molecule has 0 aliphatic carbocycles. The predicted molar refractivity (Wildman–Crippen MR) is 79.3 cm³/mol. The van der Waals surface area contributed by atoms with Crippen molar-refractivity contribution in [2.75, 3.05) is 5.73 Å². The zero-order chi connectivity index (χ0) is 14.5. The summed E-state index contributed by atoms with van der Waals surface area (Å²) in [6, 6.07) is 7.21. The number of carbonyl (C=O) groups is 1. The lowest BCUT2D eigenvalue weighted by molar-refractivity contribution is 0.0929. The van der Waals surface area contributed by atoms with Crippen molar-refractivity contribution in [3.63, 3.8) is 0 Å². The third-order valence-corrected chi connectivity index (χ3v) is 3.09. The summed E-state index contributed by atoms with van der Waals surface area (Å²) in [7, 11) is 0. The number of pyridine rings is 1. The lowest BCUT2D eigenvalue weighted by Gasteiger charge is -2.14. The van der Waals surface area contributed by atoms with E-state index >= 15 is 0 Å². The Kier molecular flexibility index (Phi) is 4.40. The average Bonchev–Trinajstić information content (AvgIpc) is 2.81. The van der Waals surface area contributed by atoms with E-state index in [1.165, 1.54) is 0 Å². The molecule has 3 N–H and O–H groups in total. The zero-order valence-corrected chi connectivity index (χ0v) is 11.8. The fourth-order valence-electron chi connectivity index (χ4n) is 2.13. The molecule has 0 saturated heterocycles. The normalized spacial score (nSPS) is 12.1. The lowest BCUT2D eigenvalue weighted by Crippen LogP contribution is -2.29. The topological polar surface area (TPSA) is 72.9 Å². The van der Waals surface area contributed by atoms with E-state index in [2.05, 4.69) is 17.2 Å². The van der Waals surface area contributed by atoms with E-state index in [0.29, 0.717) is 11.4 Å². The van der Waals surface area contributed by atoms with Gasteiger partial charge in [-0.05, 0) is 31.5 Å². The van der Waals surface area contributed by atoms with Crippen molar-refractivity contribution in [3.05, 3.63) is 48.0 Å². The first kappa shape index (κ1) is 14.1. The molecule has 20 heavy (non-hydrogen) atoms. The maximum Gasteiger partial charge on any atom is 0.268 e. The summed E-state index contributed by atoms with van der Waals surface area (Å²) in [6.07, 6.45) is 4.46. The van der Waals surface area contributed by atoms with Gasteiger partial charge >= 0.3 is 0 Å². The highest BCUT2D eigenvalue weighted by atomic mass is 16.2. The summed E-state index contributed by atoms with van der Waals surface area (Å²) < 4.78 is 1.88. The molecule has 0 aliphatic heterocycles. The second-order valence-electron chi connectivity index (χ2n) is 4.80. The molecule has 2 rings (SSSR count). The van der Waals surface area contributed by atoms with Gasteiger partial charge in [0.2, 0.25) is 0 Å². The van der Waals surface area contributed by atoms with Crippen LogP contribution < -0.4 is 11.1 Å². The largest absolute Gasteiger partial charge is 0.397 e. The SMILES string of the molecule is CCCn1cc(N)cc1C(=O)NC(C)c1ccccn1. The Morgan fingerprint density at radius 1 is 1.50 bits per heavy atom. The summed E-state index contributed by atoms with van der Waals surface area (Å²) in [5.74, 6) is -0.131. The van der Waals surface area contributed by atoms with Gasteiger partial charge in [-0.1, -0.05) is 13.0 Å². The molecule has 0 aromatic carbocycles. The van der Waals surface area contributed by atoms with Crippen LogP contribution in [0.4, 0.5) is 5.69 Å². The van der Waals surface area contributed by atoms with Crippen LogP contribution in [0.15, 0.2) is 36.7 Å². The van der Waals surface area contributed by atoms with Crippen LogP contribution >= 0.6 is 0 Å². The zero-order valence-electron chi connectivity index (χ0n) is 11.8. The van der Waals surface area contributed by atoms with E-state index in [0.717, 1.165) is 18.7 Å². The number of rotatable bonds is 5. The van der Waals surface area contributed by atoms with Gasteiger partial charge in [-0.15, -0.1) is 0 Å². The highest BCUT2D eigenvalue weighted by molar-refractivity contribution is 5.94. The molecule has 5 heteroatoms. The molecular weight excluding hydrogens is 252 g/mol. The second-order valence-corrected chi connectivity index (χ2v) is 4.80. The number of aryl methyl sites for hydroxylation is 1. The smallest absolute Gasteiger partial charge is 0.268 e. The molecule has 106 valence electrons. The molecule has 2 heterocycles. The number of nitrogens with zero attached hydrogens (tertiary/aromatic N) is 2. The van der Waals surface area contributed by atoms with Gasteiger partial charge in [-0.2, -0.15) is 0 Å². The average molecular weight is 272 g/mol. The first-order chi connectivity index (χ1) is 9.61. The Morgan fingerprint density at radius 3 is 2.95 bits per heavy atom. The van der Waals surface area contributed by atoms with Crippen LogP contribution in [0.3, 0.4) is 0 Å². The molecular formula is C15H20N4O. The Labute approximate surface area is 118 Å². The van der Waals surface area contributed by atoms with Crippen molar-refractivity contribution in [3.8, 4) is 0 Å². The molecule has 0 spiro atoms. The van der Waals surface area contributed by atoms with Crippen LogP contribution in [0.25, 0.3) is 0 Å². The van der Waals surface area contributed by atoms with Crippen LogP contribution in [0.1, 0.15) is 42.5 Å². The lowest BCUT2D eigenvalue weighted by atomic mass is 10.2. The quantitative estimate of drug-likeness (QED) is 0.877. The third-order valence-electron chi connectivity index (χ3n) is 3.09. The van der Waals surface area contributed by atoms with Crippen LogP contribution in [0.5, 0.6) is 0 Å². The number of hydrogen-bond acceptors (Lipinski definition) is 3. The van der Waals surface area contributed by atoms with E-state index in [9.17, 15) is 4.79 Å². The van der Waals surface area contributed by atoms with Gasteiger partial charge in [0.05, 0.1) is 17.4 Å². The summed E-state index contributed by atoms with van der Waals surface area (Å²) in [4.78, 5) is 16.6. The molecule has 1 atom stereocenters. The first-order valence-electron chi connectivity index (χ1n) is 6.79. The van der Waals surface area contributed by atoms with E-state index in [4.69, 9.17) is 5.73 Å². The van der Waals surface area contributed by atoms with Crippen molar-refractivity contribution in [1.29, 1.82) is 0 Å². The van der Waals surface area contributed by atoms with Gasteiger partial charge in [-0.3, -0.25) is 9.78 Å². The van der Waals surface area contributed by atoms with E-state index < -0.39 is 0 Å². The maximum atomic E-state index is 12.3. The van der Waals surface area contributed by atoms with Gasteiger partial charge in [-0.25, -0.2) is 0 Å². The Balaban J connectivity index is 2.12. The minimum atomic E-state index is -0.144. The highest BCUT2D eigenvalue weighted by Crippen LogP contribution is 2.14. The molecule has 2 aromatic rings. The third kappa shape index (κ3) is 3.17. The molecule has 1 unspecified atom stereocenters. The summed E-state index contributed by atoms with van der Waals surface area (Å²) in [6.45, 7) is 4.75. The minimum Gasteiger partial charge on any atom is -0.397 e. The first-order valence-corrected chi connectivity index (χ1v) is 6.79. The van der Waals surface area contributed by atoms with E-state index in [-0.39, 0.29) is 11.9 Å². The Bertz CT molecular complexity index is 577. The minimum absolute atomic E-state index is 0.131. The monoisotopic (exact) mass is 272 g/mol. The maximum absolute atomic E-state index is 12.3. The summed E-state index contributed by atoms with van der Waals surface area (Å²) in [5.41, 5.74) is 7.81. The number of anilines is 1. The molecule has 5 nitrogen and oxygen atoms in total. The van der Waals surface area contributed by atoms with Gasteiger partial charge in [0.1, 0.15) is 5.69 Å². The number of nitrogens with two attached hydrogens (primary N) is 1. The number of amides is 1. The number of nitrogen functional groups attached to an aromatic ring is 1. The van der Waals surface area contributed by atoms with Crippen LogP contribution in [-0.4, -0.2) is 15.5 Å². The highest BCUT2D eigenvalue weighted by Gasteiger charge is 2.16. The van der Waals surface area contributed by atoms with Crippen LogP contribution in [0.2, 0.25) is 0 Å². The fraction of sp³-hybridized carbons (Fsp3) is 0.333. The Morgan fingerprint density at radius 2 is 2.30 bits per heavy atom. The molecule has 0 aliphatic rings. The van der Waals surface area contributed by atoms with Crippen LogP contribution in [-0.2, 0) is 6.54 Å². The summed E-state index contributed by atoms with van der Waals surface area (Å²) in [5, 5.41) is 2.95. The molecule has 0 saturated carbocycles. The van der Waals surface area contributed by atoms with Crippen LogP contribution in [0, 0.1) is 0 Å². The second kappa shape index (κ2) is 6.23. The molecule has 0 fully saturated rings. The van der Waals surface area contributed by atoms with Gasteiger partial charge in [0.25, 0.3) is 5.91 Å². The molecule has 0 bridgehead atoms. The van der Waals surface area contributed by atoms with E-state index in [1.54, 1.807) is 18.5 Å². The number of hydrogen-bond donors (Lipinski definition) is 2. The molecule has 1 amide bonds. The van der Waals surface area contributed by atoms with Gasteiger partial charge in [0.15, 0.2) is 0 Å². The van der Waals surface area contributed by atoms with Crippen molar-refractivity contribution in [2.24, 2.45) is 0 Å². The standard InChI is InChI=1S/C15H20N4O/c1-3-8-19-10-12(16)9-14(19)15(20)18-11(2)13-6-4-5-7-17-13/h4-7,9-11H,3,8,16H2,1-2H3,(H,18,20). The summed E-state index contributed by atoms with van der Waals surface area (Å²) >= 11 is 0. The Hall–Kier alpha value is -2.30. The van der Waals surface area contributed by atoms with Gasteiger partial charge < -0.3 is 15.6 Å². The number of carbonyl (C=O) groups excluding carboxylic acids is 1. The van der Waals surface area contributed by atoms with Crippen molar-refractivity contribution < 1.29 is 4.79 Å². The van der Waals surface area contributed by atoms with Gasteiger partial charge in [0, 0.05) is 18.9 Å². The van der Waals surface area contributed by atoms with Crippen molar-refractivity contribution in [1.82, 2.24) is 14.9 Å². The fourth-order valence-corrected chi connectivity index (χ4v) is 2.13.